The van der Waals surface area contributed by atoms with E-state index in [9.17, 15) is 4.79 Å². The maximum absolute atomic E-state index is 12.3. The molecular formula is C12H17N3OS. The van der Waals surface area contributed by atoms with Gasteiger partial charge in [-0.15, -0.1) is 0 Å². The van der Waals surface area contributed by atoms with Crippen LogP contribution < -0.4 is 5.32 Å². The molecule has 0 radical (unpaired) electrons. The number of anilines is 1. The van der Waals surface area contributed by atoms with E-state index in [4.69, 9.17) is 0 Å². The van der Waals surface area contributed by atoms with Crippen LogP contribution >= 0.6 is 11.8 Å². The molecule has 0 atom stereocenters. The van der Waals surface area contributed by atoms with Crippen molar-refractivity contribution in [1.29, 1.82) is 0 Å². The molecule has 0 aromatic carbocycles. The Morgan fingerprint density at radius 1 is 1.53 bits per heavy atom. The number of amides is 1. The van der Waals surface area contributed by atoms with E-state index >= 15 is 0 Å². The normalized spacial score (nSPS) is 15.7. The van der Waals surface area contributed by atoms with Gasteiger partial charge in [0, 0.05) is 43.5 Å². The molecule has 92 valence electrons. The van der Waals surface area contributed by atoms with Crippen molar-refractivity contribution in [2.24, 2.45) is 0 Å². The molecule has 1 N–H and O–H groups in total. The minimum Gasteiger partial charge on any atom is -0.385 e. The van der Waals surface area contributed by atoms with Gasteiger partial charge in [0.25, 0.3) is 5.91 Å². The van der Waals surface area contributed by atoms with Gasteiger partial charge in [-0.2, -0.15) is 11.8 Å². The summed E-state index contributed by atoms with van der Waals surface area (Å²) in [7, 11) is 0. The first-order chi connectivity index (χ1) is 8.33. The Balaban J connectivity index is 2.17. The van der Waals surface area contributed by atoms with Crippen LogP contribution in [0, 0.1) is 0 Å². The fraction of sp³-hybridized carbons (Fsp3) is 0.500. The van der Waals surface area contributed by atoms with Crippen LogP contribution in [0.15, 0.2) is 18.5 Å². The van der Waals surface area contributed by atoms with Crippen LogP contribution in [0.25, 0.3) is 0 Å². The summed E-state index contributed by atoms with van der Waals surface area (Å²) in [6, 6.07) is 1.86. The van der Waals surface area contributed by atoms with Gasteiger partial charge in [-0.25, -0.2) is 0 Å². The molecule has 1 fully saturated rings. The first kappa shape index (κ1) is 12.2. The summed E-state index contributed by atoms with van der Waals surface area (Å²) in [5, 5.41) is 3.20. The van der Waals surface area contributed by atoms with Crippen molar-refractivity contribution in [2.75, 3.05) is 36.5 Å². The third-order valence-corrected chi connectivity index (χ3v) is 3.66. The van der Waals surface area contributed by atoms with Crippen molar-refractivity contribution in [1.82, 2.24) is 9.88 Å². The maximum Gasteiger partial charge on any atom is 0.257 e. The van der Waals surface area contributed by atoms with Crippen molar-refractivity contribution < 1.29 is 4.79 Å². The molecule has 1 aliphatic rings. The van der Waals surface area contributed by atoms with Gasteiger partial charge in [0.15, 0.2) is 0 Å². The van der Waals surface area contributed by atoms with E-state index in [0.29, 0.717) is 5.56 Å². The molecule has 2 heterocycles. The van der Waals surface area contributed by atoms with Gasteiger partial charge < -0.3 is 10.2 Å². The molecule has 1 saturated heterocycles. The molecular weight excluding hydrogens is 234 g/mol. The summed E-state index contributed by atoms with van der Waals surface area (Å²) in [6.07, 6.45) is 3.36. The zero-order chi connectivity index (χ0) is 12.1. The quantitative estimate of drug-likeness (QED) is 0.888. The predicted octanol–water partition coefficient (Wildman–Crippen LogP) is 1.70. The molecule has 1 aliphatic heterocycles. The number of nitrogens with one attached hydrogen (secondary N) is 1. The average molecular weight is 251 g/mol. The Kier molecular flexibility index (Phi) is 4.25. The largest absolute Gasteiger partial charge is 0.385 e. The number of carbonyl (C=O) groups is 1. The Morgan fingerprint density at radius 3 is 3.00 bits per heavy atom. The Morgan fingerprint density at radius 2 is 2.29 bits per heavy atom. The van der Waals surface area contributed by atoms with E-state index in [2.05, 4.69) is 10.3 Å². The topological polar surface area (TPSA) is 45.2 Å². The monoisotopic (exact) mass is 251 g/mol. The van der Waals surface area contributed by atoms with E-state index in [0.717, 1.165) is 36.8 Å². The highest BCUT2D eigenvalue weighted by Gasteiger charge is 2.20. The molecule has 0 saturated carbocycles. The zero-order valence-corrected chi connectivity index (χ0v) is 10.8. The van der Waals surface area contributed by atoms with Gasteiger partial charge in [-0.3, -0.25) is 9.78 Å². The van der Waals surface area contributed by atoms with Crippen LogP contribution in [-0.2, 0) is 0 Å². The second-order valence-corrected chi connectivity index (χ2v) is 5.08. The average Bonchev–Trinajstić information content (AvgIpc) is 2.40. The summed E-state index contributed by atoms with van der Waals surface area (Å²) < 4.78 is 0. The van der Waals surface area contributed by atoms with Crippen LogP contribution in [0.5, 0.6) is 0 Å². The van der Waals surface area contributed by atoms with Crippen LogP contribution in [0.4, 0.5) is 5.69 Å². The van der Waals surface area contributed by atoms with Crippen LogP contribution in [-0.4, -0.2) is 46.9 Å². The number of thioether (sulfide) groups is 1. The molecule has 1 aromatic heterocycles. The molecule has 5 heteroatoms. The Bertz CT molecular complexity index is 391. The lowest BCUT2D eigenvalue weighted by atomic mass is 10.2. The summed E-state index contributed by atoms with van der Waals surface area (Å²) in [6.45, 7) is 4.50. The smallest absolute Gasteiger partial charge is 0.257 e. The number of pyridine rings is 1. The standard InChI is InChI=1S/C12H17N3OS/c1-2-14-11-3-4-13-9-10(11)12(16)15-5-7-17-8-6-15/h3-4,9H,2,5-8H2,1H3,(H,13,14). The third-order valence-electron chi connectivity index (χ3n) is 2.72. The van der Waals surface area contributed by atoms with Gasteiger partial charge in [-0.1, -0.05) is 0 Å². The number of hydrogen-bond acceptors (Lipinski definition) is 4. The van der Waals surface area contributed by atoms with Crippen molar-refractivity contribution in [2.45, 2.75) is 6.92 Å². The van der Waals surface area contributed by atoms with Crippen molar-refractivity contribution >= 4 is 23.4 Å². The highest BCUT2D eigenvalue weighted by atomic mass is 32.2. The lowest BCUT2D eigenvalue weighted by molar-refractivity contribution is 0.0773. The molecule has 1 aromatic rings. The first-order valence-electron chi connectivity index (χ1n) is 5.88. The zero-order valence-electron chi connectivity index (χ0n) is 9.98. The lowest BCUT2D eigenvalue weighted by Crippen LogP contribution is -2.38. The summed E-state index contributed by atoms with van der Waals surface area (Å²) >= 11 is 1.90. The third kappa shape index (κ3) is 2.91. The van der Waals surface area contributed by atoms with E-state index < -0.39 is 0 Å². The minimum absolute atomic E-state index is 0.0920. The van der Waals surface area contributed by atoms with Crippen LogP contribution in [0.1, 0.15) is 17.3 Å². The number of rotatable bonds is 3. The SMILES string of the molecule is CCNc1ccncc1C(=O)N1CCSCC1. The second kappa shape index (κ2) is 5.91. The molecule has 2 rings (SSSR count). The van der Waals surface area contributed by atoms with Crippen LogP contribution in [0.2, 0.25) is 0 Å². The summed E-state index contributed by atoms with van der Waals surface area (Å²) in [4.78, 5) is 18.3. The van der Waals surface area contributed by atoms with Crippen molar-refractivity contribution in [3.05, 3.63) is 24.0 Å². The lowest BCUT2D eigenvalue weighted by Gasteiger charge is -2.27. The Labute approximate surface area is 106 Å². The molecule has 1 amide bonds. The van der Waals surface area contributed by atoms with Crippen molar-refractivity contribution in [3.8, 4) is 0 Å². The number of nitrogens with zero attached hydrogens (tertiary/aromatic N) is 2. The minimum atomic E-state index is 0.0920. The van der Waals surface area contributed by atoms with Gasteiger partial charge in [0.05, 0.1) is 11.3 Å². The number of hydrogen-bond donors (Lipinski definition) is 1. The molecule has 4 nitrogen and oxygen atoms in total. The molecule has 0 bridgehead atoms. The molecule has 0 aliphatic carbocycles. The fourth-order valence-electron chi connectivity index (χ4n) is 1.85. The van der Waals surface area contributed by atoms with Gasteiger partial charge in [-0.05, 0) is 13.0 Å². The van der Waals surface area contributed by atoms with Gasteiger partial charge in [0.2, 0.25) is 0 Å². The van der Waals surface area contributed by atoms with E-state index in [1.807, 2.05) is 29.7 Å². The van der Waals surface area contributed by atoms with Crippen molar-refractivity contribution in [3.63, 3.8) is 0 Å². The van der Waals surface area contributed by atoms with E-state index in [-0.39, 0.29) is 5.91 Å². The second-order valence-electron chi connectivity index (χ2n) is 3.86. The van der Waals surface area contributed by atoms with Gasteiger partial charge in [0.1, 0.15) is 0 Å². The molecule has 17 heavy (non-hydrogen) atoms. The number of carbonyl (C=O) groups excluding carboxylic acids is 1. The Hall–Kier alpha value is -1.23. The number of aromatic nitrogens is 1. The molecule has 0 spiro atoms. The highest BCUT2D eigenvalue weighted by molar-refractivity contribution is 7.99. The highest BCUT2D eigenvalue weighted by Crippen LogP contribution is 2.18. The first-order valence-corrected chi connectivity index (χ1v) is 7.03. The van der Waals surface area contributed by atoms with Crippen LogP contribution in [0.3, 0.4) is 0 Å². The van der Waals surface area contributed by atoms with E-state index in [1.165, 1.54) is 0 Å². The maximum atomic E-state index is 12.3. The summed E-state index contributed by atoms with van der Waals surface area (Å²) in [5.74, 6) is 2.15. The van der Waals surface area contributed by atoms with E-state index in [1.54, 1.807) is 12.4 Å². The fourth-order valence-corrected chi connectivity index (χ4v) is 2.75. The predicted molar refractivity (Wildman–Crippen MR) is 71.6 cm³/mol. The summed E-state index contributed by atoms with van der Waals surface area (Å²) in [5.41, 5.74) is 1.56. The van der Waals surface area contributed by atoms with Gasteiger partial charge >= 0.3 is 0 Å². The molecule has 0 unspecified atom stereocenters.